The van der Waals surface area contributed by atoms with Crippen LogP contribution in [-0.4, -0.2) is 14.0 Å². The predicted octanol–water partition coefficient (Wildman–Crippen LogP) is 3.89. The van der Waals surface area contributed by atoms with E-state index in [1.54, 1.807) is 11.8 Å². The van der Waals surface area contributed by atoms with Gasteiger partial charge >= 0.3 is 0 Å². The Kier molecular flexibility index (Phi) is 4.69. The van der Waals surface area contributed by atoms with Crippen molar-refractivity contribution in [1.82, 2.24) is 0 Å². The number of anilines is 1. The first kappa shape index (κ1) is 13.7. The molecular formula is C14H21NOSi. The van der Waals surface area contributed by atoms with Crippen molar-refractivity contribution in [3.63, 3.8) is 0 Å². The normalized spacial score (nSPS) is 11.8. The molecule has 0 saturated carbocycles. The number of benzene rings is 1. The maximum Gasteiger partial charge on any atom is 0.227 e. The topological polar surface area (TPSA) is 20.3 Å². The van der Waals surface area contributed by atoms with Gasteiger partial charge in [0.2, 0.25) is 5.91 Å². The maximum absolute atomic E-state index is 11.6. The highest BCUT2D eigenvalue weighted by atomic mass is 28.3. The molecule has 92 valence electrons. The van der Waals surface area contributed by atoms with Crippen LogP contribution in [0.3, 0.4) is 0 Å². The number of hydrogen-bond acceptors (Lipinski definition) is 1. The van der Waals surface area contributed by atoms with Gasteiger partial charge in [-0.25, -0.2) is 0 Å². The summed E-state index contributed by atoms with van der Waals surface area (Å²) in [6.07, 6.45) is 4.01. The van der Waals surface area contributed by atoms with Gasteiger partial charge in [-0.05, 0) is 18.2 Å². The number of nitrogens with zero attached hydrogens (tertiary/aromatic N) is 1. The summed E-state index contributed by atoms with van der Waals surface area (Å²) in [5.41, 5.74) is 0.923. The van der Waals surface area contributed by atoms with Gasteiger partial charge < -0.3 is 0 Å². The van der Waals surface area contributed by atoms with E-state index in [4.69, 9.17) is 0 Å². The standard InChI is InChI=1S/C14H21NOSi/c1-13(16)15(11-8-12-17(2,3)4)14-9-6-5-7-10-14/h5-11H,12H2,1-4H3/b11-8+. The monoisotopic (exact) mass is 247 g/mol. The SMILES string of the molecule is CC(=O)N(/C=C/C[Si](C)(C)C)c1ccccc1. The quantitative estimate of drug-likeness (QED) is 0.739. The van der Waals surface area contributed by atoms with Crippen LogP contribution in [0, 0.1) is 0 Å². The number of allylic oxidation sites excluding steroid dienone is 1. The Bertz CT molecular complexity index is 392. The minimum Gasteiger partial charge on any atom is -0.288 e. The van der Waals surface area contributed by atoms with Crippen molar-refractivity contribution in [2.75, 3.05) is 4.90 Å². The Labute approximate surface area is 105 Å². The van der Waals surface area contributed by atoms with Gasteiger partial charge in [-0.2, -0.15) is 0 Å². The molecule has 0 aliphatic carbocycles. The van der Waals surface area contributed by atoms with Crippen molar-refractivity contribution < 1.29 is 4.79 Å². The van der Waals surface area contributed by atoms with Gasteiger partial charge in [-0.15, -0.1) is 0 Å². The van der Waals surface area contributed by atoms with Gasteiger partial charge in [0.05, 0.1) is 0 Å². The lowest BCUT2D eigenvalue weighted by molar-refractivity contribution is -0.116. The number of para-hydroxylation sites is 1. The molecule has 17 heavy (non-hydrogen) atoms. The van der Waals surface area contributed by atoms with Crippen molar-refractivity contribution in [1.29, 1.82) is 0 Å². The molecule has 0 bridgehead atoms. The molecule has 0 aliphatic heterocycles. The van der Waals surface area contributed by atoms with Crippen molar-refractivity contribution in [3.05, 3.63) is 42.6 Å². The van der Waals surface area contributed by atoms with E-state index in [9.17, 15) is 4.79 Å². The van der Waals surface area contributed by atoms with Gasteiger partial charge in [-0.1, -0.05) is 43.9 Å². The molecule has 0 fully saturated rings. The van der Waals surface area contributed by atoms with E-state index in [2.05, 4.69) is 25.7 Å². The second-order valence-corrected chi connectivity index (χ2v) is 10.9. The largest absolute Gasteiger partial charge is 0.288 e. The third kappa shape index (κ3) is 5.00. The summed E-state index contributed by atoms with van der Waals surface area (Å²) in [4.78, 5) is 13.3. The molecule has 0 unspecified atom stereocenters. The Morgan fingerprint density at radius 1 is 1.24 bits per heavy atom. The number of carbonyl (C=O) groups is 1. The number of carbonyl (C=O) groups excluding carboxylic acids is 1. The molecule has 0 spiro atoms. The second-order valence-electron chi connectivity index (χ2n) is 5.37. The van der Waals surface area contributed by atoms with E-state index in [0.29, 0.717) is 0 Å². The predicted molar refractivity (Wildman–Crippen MR) is 76.9 cm³/mol. The molecule has 0 aliphatic rings. The fourth-order valence-corrected chi connectivity index (χ4v) is 2.29. The van der Waals surface area contributed by atoms with Crippen LogP contribution in [0.2, 0.25) is 25.7 Å². The second kappa shape index (κ2) is 5.82. The van der Waals surface area contributed by atoms with Crippen LogP contribution >= 0.6 is 0 Å². The van der Waals surface area contributed by atoms with Gasteiger partial charge in [0.15, 0.2) is 0 Å². The summed E-state index contributed by atoms with van der Waals surface area (Å²) in [6, 6.07) is 10.8. The Morgan fingerprint density at radius 3 is 2.29 bits per heavy atom. The fraction of sp³-hybridized carbons (Fsp3) is 0.357. The number of amides is 1. The summed E-state index contributed by atoms with van der Waals surface area (Å²) in [6.45, 7) is 8.54. The first-order chi connectivity index (χ1) is 7.90. The third-order valence-corrected chi connectivity index (χ3v) is 3.82. The maximum atomic E-state index is 11.6. The minimum atomic E-state index is -1.08. The van der Waals surface area contributed by atoms with Crippen LogP contribution in [-0.2, 0) is 4.79 Å². The molecule has 0 N–H and O–H groups in total. The zero-order chi connectivity index (χ0) is 12.9. The highest BCUT2D eigenvalue weighted by Gasteiger charge is 2.11. The summed E-state index contributed by atoms with van der Waals surface area (Å²) >= 11 is 0. The summed E-state index contributed by atoms with van der Waals surface area (Å²) in [5.74, 6) is 0.0445. The van der Waals surface area contributed by atoms with E-state index >= 15 is 0 Å². The lowest BCUT2D eigenvalue weighted by Gasteiger charge is -2.17. The summed E-state index contributed by atoms with van der Waals surface area (Å²) in [7, 11) is -1.08. The van der Waals surface area contributed by atoms with Crippen molar-refractivity contribution in [2.24, 2.45) is 0 Å². The van der Waals surface area contributed by atoms with Gasteiger partial charge in [-0.3, -0.25) is 9.69 Å². The molecule has 1 amide bonds. The van der Waals surface area contributed by atoms with Gasteiger partial charge in [0.25, 0.3) is 0 Å². The molecule has 0 atom stereocenters. The molecular weight excluding hydrogens is 226 g/mol. The molecule has 1 rings (SSSR count). The van der Waals surface area contributed by atoms with Crippen LogP contribution in [0.1, 0.15) is 6.92 Å². The molecule has 0 aromatic heterocycles. The Balaban J connectivity index is 2.79. The van der Waals surface area contributed by atoms with Crippen LogP contribution < -0.4 is 4.90 Å². The lowest BCUT2D eigenvalue weighted by atomic mass is 10.3. The fourth-order valence-electron chi connectivity index (χ4n) is 1.47. The van der Waals surface area contributed by atoms with E-state index in [1.807, 2.05) is 36.5 Å². The van der Waals surface area contributed by atoms with E-state index < -0.39 is 8.07 Å². The van der Waals surface area contributed by atoms with E-state index in [0.717, 1.165) is 11.7 Å². The molecule has 1 aromatic rings. The molecule has 2 nitrogen and oxygen atoms in total. The van der Waals surface area contributed by atoms with Gasteiger partial charge in [0, 0.05) is 26.9 Å². The summed E-state index contributed by atoms with van der Waals surface area (Å²) < 4.78 is 0. The van der Waals surface area contributed by atoms with E-state index in [-0.39, 0.29) is 5.91 Å². The first-order valence-electron chi connectivity index (χ1n) is 5.92. The highest BCUT2D eigenvalue weighted by Crippen LogP contribution is 2.15. The molecule has 3 heteroatoms. The average Bonchev–Trinajstić information content (AvgIpc) is 2.23. The average molecular weight is 247 g/mol. The smallest absolute Gasteiger partial charge is 0.227 e. The molecule has 1 aromatic carbocycles. The molecule has 0 saturated heterocycles. The van der Waals surface area contributed by atoms with E-state index in [1.165, 1.54) is 0 Å². The van der Waals surface area contributed by atoms with Crippen LogP contribution in [0.5, 0.6) is 0 Å². The Morgan fingerprint density at radius 2 is 1.82 bits per heavy atom. The van der Waals surface area contributed by atoms with Crippen LogP contribution in [0.15, 0.2) is 42.6 Å². The van der Waals surface area contributed by atoms with Crippen molar-refractivity contribution in [2.45, 2.75) is 32.6 Å². The number of hydrogen-bond donors (Lipinski definition) is 0. The zero-order valence-electron chi connectivity index (χ0n) is 11.1. The van der Waals surface area contributed by atoms with Gasteiger partial charge in [0.1, 0.15) is 0 Å². The summed E-state index contributed by atoms with van der Waals surface area (Å²) in [5, 5.41) is 0. The first-order valence-corrected chi connectivity index (χ1v) is 9.62. The third-order valence-electron chi connectivity index (χ3n) is 2.36. The van der Waals surface area contributed by atoms with Crippen molar-refractivity contribution in [3.8, 4) is 0 Å². The van der Waals surface area contributed by atoms with Crippen molar-refractivity contribution >= 4 is 19.7 Å². The highest BCUT2D eigenvalue weighted by molar-refractivity contribution is 6.76. The molecule has 0 heterocycles. The Hall–Kier alpha value is -1.35. The van der Waals surface area contributed by atoms with Crippen LogP contribution in [0.4, 0.5) is 5.69 Å². The lowest BCUT2D eigenvalue weighted by Crippen LogP contribution is -2.23. The molecule has 0 radical (unpaired) electrons. The zero-order valence-corrected chi connectivity index (χ0v) is 12.1. The minimum absolute atomic E-state index is 0.0445. The van der Waals surface area contributed by atoms with Crippen LogP contribution in [0.25, 0.3) is 0 Å². The number of rotatable bonds is 4.